The van der Waals surface area contributed by atoms with E-state index in [9.17, 15) is 4.79 Å². The highest BCUT2D eigenvalue weighted by Gasteiger charge is 2.31. The average Bonchev–Trinajstić information content (AvgIpc) is 2.54. The maximum absolute atomic E-state index is 12.2. The summed E-state index contributed by atoms with van der Waals surface area (Å²) in [5.74, 6) is 0.706. The Bertz CT molecular complexity index is 440. The normalized spacial score (nSPS) is 19.6. The maximum Gasteiger partial charge on any atom is 0.328 e. The first kappa shape index (κ1) is 15.6. The third-order valence-electron chi connectivity index (χ3n) is 3.62. The van der Waals surface area contributed by atoms with Crippen molar-refractivity contribution in [3.05, 3.63) is 24.3 Å². The van der Waals surface area contributed by atoms with Crippen molar-refractivity contribution in [1.29, 1.82) is 0 Å². The van der Waals surface area contributed by atoms with Gasteiger partial charge in [-0.25, -0.2) is 4.79 Å². The van der Waals surface area contributed by atoms with E-state index in [0.717, 1.165) is 30.9 Å². The van der Waals surface area contributed by atoms with Gasteiger partial charge < -0.3 is 19.5 Å². The Hall–Kier alpha value is -1.75. The number of carbonyl (C=O) groups excluding carboxylic acids is 1. The van der Waals surface area contributed by atoms with Gasteiger partial charge in [0, 0.05) is 18.2 Å². The number of carbonyl (C=O) groups is 1. The van der Waals surface area contributed by atoms with E-state index in [-0.39, 0.29) is 17.9 Å². The fourth-order valence-electron chi connectivity index (χ4n) is 2.50. The van der Waals surface area contributed by atoms with Crippen molar-refractivity contribution in [2.24, 2.45) is 5.92 Å². The summed E-state index contributed by atoms with van der Waals surface area (Å²) >= 11 is 0. The first-order chi connectivity index (χ1) is 10.2. The van der Waals surface area contributed by atoms with Crippen molar-refractivity contribution < 1.29 is 19.0 Å². The minimum atomic E-state index is -0.376. The van der Waals surface area contributed by atoms with E-state index < -0.39 is 0 Å². The van der Waals surface area contributed by atoms with E-state index in [0.29, 0.717) is 13.2 Å². The zero-order valence-electron chi connectivity index (χ0n) is 12.6. The van der Waals surface area contributed by atoms with Crippen molar-refractivity contribution in [2.75, 3.05) is 32.2 Å². The first-order valence-electron chi connectivity index (χ1n) is 7.39. The van der Waals surface area contributed by atoms with Gasteiger partial charge in [0.15, 0.2) is 0 Å². The van der Waals surface area contributed by atoms with Crippen molar-refractivity contribution in [1.82, 2.24) is 0 Å². The summed E-state index contributed by atoms with van der Waals surface area (Å²) in [5, 5.41) is 3.27. The molecule has 1 aliphatic rings. The number of nitrogens with one attached hydrogen (secondary N) is 1. The largest absolute Gasteiger partial charge is 0.497 e. The predicted octanol–water partition coefficient (Wildman–Crippen LogP) is 2.47. The van der Waals surface area contributed by atoms with Crippen LogP contribution in [0, 0.1) is 5.92 Å². The minimum Gasteiger partial charge on any atom is -0.497 e. The Balaban J connectivity index is 2.07. The highest BCUT2D eigenvalue weighted by Crippen LogP contribution is 2.23. The summed E-state index contributed by atoms with van der Waals surface area (Å²) in [7, 11) is 1.63. The second-order valence-electron chi connectivity index (χ2n) is 5.08. The lowest BCUT2D eigenvalue weighted by Gasteiger charge is -2.30. The van der Waals surface area contributed by atoms with E-state index in [4.69, 9.17) is 14.2 Å². The number of methoxy groups -OCH3 is 1. The molecular weight excluding hydrogens is 270 g/mol. The lowest BCUT2D eigenvalue weighted by atomic mass is 9.93. The third kappa shape index (κ3) is 4.36. The summed E-state index contributed by atoms with van der Waals surface area (Å²) in [6.07, 6.45) is 1.94. The maximum atomic E-state index is 12.2. The summed E-state index contributed by atoms with van der Waals surface area (Å²) in [5.41, 5.74) is 0.874. The molecule has 0 aliphatic carbocycles. The molecule has 0 amide bonds. The topological polar surface area (TPSA) is 56.8 Å². The van der Waals surface area contributed by atoms with Crippen LogP contribution in [-0.4, -0.2) is 38.9 Å². The monoisotopic (exact) mass is 293 g/mol. The van der Waals surface area contributed by atoms with Crippen molar-refractivity contribution in [3.8, 4) is 5.75 Å². The molecule has 0 spiro atoms. The van der Waals surface area contributed by atoms with Crippen LogP contribution in [0.15, 0.2) is 24.3 Å². The van der Waals surface area contributed by atoms with E-state index in [2.05, 4.69) is 5.32 Å². The van der Waals surface area contributed by atoms with Crippen LogP contribution >= 0.6 is 0 Å². The summed E-state index contributed by atoms with van der Waals surface area (Å²) < 4.78 is 15.8. The molecule has 116 valence electrons. The van der Waals surface area contributed by atoms with Gasteiger partial charge in [0.25, 0.3) is 0 Å². The molecule has 2 unspecified atom stereocenters. The van der Waals surface area contributed by atoms with Crippen LogP contribution in [0.1, 0.15) is 19.8 Å². The van der Waals surface area contributed by atoms with Crippen LogP contribution < -0.4 is 10.1 Å². The van der Waals surface area contributed by atoms with Gasteiger partial charge in [-0.05, 0) is 44.0 Å². The van der Waals surface area contributed by atoms with E-state index in [1.165, 1.54) is 0 Å². The molecule has 1 fully saturated rings. The number of hydrogen-bond acceptors (Lipinski definition) is 5. The molecule has 1 aromatic rings. The Kier molecular flexibility index (Phi) is 5.87. The van der Waals surface area contributed by atoms with Gasteiger partial charge in [-0.15, -0.1) is 0 Å². The number of rotatable bonds is 6. The van der Waals surface area contributed by atoms with Crippen LogP contribution in [-0.2, 0) is 14.3 Å². The molecule has 0 radical (unpaired) electrons. The molecule has 5 heteroatoms. The number of esters is 1. The molecule has 1 aliphatic heterocycles. The molecular formula is C16H23NO4. The summed E-state index contributed by atoms with van der Waals surface area (Å²) in [6, 6.07) is 7.14. The molecule has 0 saturated carbocycles. The lowest BCUT2D eigenvalue weighted by molar-refractivity contribution is -0.146. The molecule has 21 heavy (non-hydrogen) atoms. The van der Waals surface area contributed by atoms with E-state index >= 15 is 0 Å². The van der Waals surface area contributed by atoms with Gasteiger partial charge >= 0.3 is 5.97 Å². The van der Waals surface area contributed by atoms with Crippen LogP contribution in [0.25, 0.3) is 0 Å². The first-order valence-corrected chi connectivity index (χ1v) is 7.39. The summed E-state index contributed by atoms with van der Waals surface area (Å²) in [4.78, 5) is 12.2. The SMILES string of the molecule is CCOC(=O)C(Nc1ccc(OC)cc1)C1CCCOC1. The number of anilines is 1. The van der Waals surface area contributed by atoms with E-state index in [1.54, 1.807) is 7.11 Å². The Morgan fingerprint density at radius 3 is 2.76 bits per heavy atom. The lowest BCUT2D eigenvalue weighted by Crippen LogP contribution is -2.42. The van der Waals surface area contributed by atoms with Gasteiger partial charge in [0.05, 0.1) is 20.3 Å². The Labute approximate surface area is 125 Å². The predicted molar refractivity (Wildman–Crippen MR) is 80.6 cm³/mol. The zero-order valence-corrected chi connectivity index (χ0v) is 12.6. The average molecular weight is 293 g/mol. The second kappa shape index (κ2) is 7.88. The number of benzene rings is 1. The fraction of sp³-hybridized carbons (Fsp3) is 0.562. The molecule has 0 aromatic heterocycles. The Morgan fingerprint density at radius 1 is 1.43 bits per heavy atom. The standard InChI is InChI=1S/C16H23NO4/c1-3-21-16(18)15(12-5-4-10-20-11-12)17-13-6-8-14(19-2)9-7-13/h6-9,12,15,17H,3-5,10-11H2,1-2H3. The van der Waals surface area contributed by atoms with Crippen molar-refractivity contribution in [2.45, 2.75) is 25.8 Å². The van der Waals surface area contributed by atoms with Gasteiger partial charge in [-0.3, -0.25) is 0 Å². The van der Waals surface area contributed by atoms with Gasteiger partial charge in [-0.2, -0.15) is 0 Å². The van der Waals surface area contributed by atoms with Crippen molar-refractivity contribution >= 4 is 11.7 Å². The second-order valence-corrected chi connectivity index (χ2v) is 5.08. The van der Waals surface area contributed by atoms with Crippen LogP contribution in [0.2, 0.25) is 0 Å². The third-order valence-corrected chi connectivity index (χ3v) is 3.62. The molecule has 2 rings (SSSR count). The molecule has 1 aromatic carbocycles. The number of hydrogen-bond donors (Lipinski definition) is 1. The highest BCUT2D eigenvalue weighted by atomic mass is 16.5. The highest BCUT2D eigenvalue weighted by molar-refractivity contribution is 5.79. The van der Waals surface area contributed by atoms with E-state index in [1.807, 2.05) is 31.2 Å². The van der Waals surface area contributed by atoms with Crippen LogP contribution in [0.3, 0.4) is 0 Å². The van der Waals surface area contributed by atoms with Crippen LogP contribution in [0.4, 0.5) is 5.69 Å². The molecule has 1 N–H and O–H groups in total. The van der Waals surface area contributed by atoms with Crippen molar-refractivity contribution in [3.63, 3.8) is 0 Å². The quantitative estimate of drug-likeness (QED) is 0.817. The van der Waals surface area contributed by atoms with Gasteiger partial charge in [-0.1, -0.05) is 0 Å². The molecule has 1 saturated heterocycles. The Morgan fingerprint density at radius 2 is 2.19 bits per heavy atom. The summed E-state index contributed by atoms with van der Waals surface area (Å²) in [6.45, 7) is 3.56. The van der Waals surface area contributed by atoms with Gasteiger partial charge in [0.2, 0.25) is 0 Å². The van der Waals surface area contributed by atoms with Gasteiger partial charge in [0.1, 0.15) is 11.8 Å². The fourth-order valence-corrected chi connectivity index (χ4v) is 2.50. The molecule has 1 heterocycles. The molecule has 5 nitrogen and oxygen atoms in total. The van der Waals surface area contributed by atoms with Crippen LogP contribution in [0.5, 0.6) is 5.75 Å². The number of ether oxygens (including phenoxy) is 3. The minimum absolute atomic E-state index is 0.139. The molecule has 0 bridgehead atoms. The molecule has 2 atom stereocenters. The smallest absolute Gasteiger partial charge is 0.328 e. The zero-order chi connectivity index (χ0) is 15.1.